The van der Waals surface area contributed by atoms with E-state index in [9.17, 15) is 0 Å². The van der Waals surface area contributed by atoms with E-state index in [0.29, 0.717) is 17.5 Å². The molecule has 1 radical (unpaired) electrons. The molecule has 6 nitrogen and oxygen atoms in total. The van der Waals surface area contributed by atoms with Crippen molar-refractivity contribution in [3.63, 3.8) is 0 Å². The Bertz CT molecular complexity index is 2540. The van der Waals surface area contributed by atoms with E-state index in [-0.39, 0.29) is 31.1 Å². The summed E-state index contributed by atoms with van der Waals surface area (Å²) in [6.45, 7) is 28.3. The van der Waals surface area contributed by atoms with E-state index in [1.807, 2.05) is 13.0 Å². The van der Waals surface area contributed by atoms with Crippen LogP contribution in [-0.2, 0) is 37.5 Å². The Morgan fingerprint density at radius 1 is 0.842 bits per heavy atom. The molecule has 7 aromatic rings. The molecule has 8 heteroatoms. The van der Waals surface area contributed by atoms with Gasteiger partial charge < -0.3 is 8.98 Å². The maximum atomic E-state index is 6.42. The molecular formula is C49H61GeIrN5O-2. The monoisotopic (exact) mass is 1000 g/mol. The Hall–Kier alpha value is -3.65. The SMILES string of the molecule is CC(C)Cc1cc(-c2[c-]cc(C(C)(C)C)cc2)nc[c]1[Ge]([CH3])([CH3])[CH3].Cc1cc2nc(-c3[c-]cc(C)c4c3oc3nc(C(C)C)ccc34)n(C(C)(C)C)c2c(C)n1.[Ir]. The largest absolute Gasteiger partial charge is 0.486 e. The number of fused-ring (bicyclic) bond motifs is 4. The molecule has 0 saturated heterocycles. The molecule has 0 fully saturated rings. The van der Waals surface area contributed by atoms with Gasteiger partial charge in [0.25, 0.3) is 0 Å². The first-order valence-corrected chi connectivity index (χ1v) is 27.5. The number of aromatic nitrogens is 5. The fourth-order valence-corrected chi connectivity index (χ4v) is 10.9. The van der Waals surface area contributed by atoms with Gasteiger partial charge in [0.05, 0.1) is 28.1 Å². The van der Waals surface area contributed by atoms with Gasteiger partial charge in [-0.2, -0.15) is 0 Å². The zero-order valence-corrected chi connectivity index (χ0v) is 41.5. The van der Waals surface area contributed by atoms with Crippen molar-refractivity contribution in [2.24, 2.45) is 5.92 Å². The van der Waals surface area contributed by atoms with Gasteiger partial charge in [-0.15, -0.1) is 17.7 Å². The van der Waals surface area contributed by atoms with Gasteiger partial charge in [-0.25, -0.2) is 4.98 Å². The second kappa shape index (κ2) is 16.5. The predicted octanol–water partition coefficient (Wildman–Crippen LogP) is 12.6. The summed E-state index contributed by atoms with van der Waals surface area (Å²) in [6.07, 6.45) is 3.28. The van der Waals surface area contributed by atoms with Crippen LogP contribution in [0.2, 0.25) is 17.3 Å². The summed E-state index contributed by atoms with van der Waals surface area (Å²) in [4.78, 5) is 19.4. The first kappa shape index (κ1) is 44.5. The van der Waals surface area contributed by atoms with E-state index < -0.39 is 13.3 Å². The Morgan fingerprint density at radius 3 is 2.12 bits per heavy atom. The summed E-state index contributed by atoms with van der Waals surface area (Å²) >= 11 is -1.90. The first-order chi connectivity index (χ1) is 26.0. The number of hydrogen-bond acceptors (Lipinski definition) is 5. The Labute approximate surface area is 357 Å². The van der Waals surface area contributed by atoms with Gasteiger partial charge in [0.2, 0.25) is 5.71 Å². The van der Waals surface area contributed by atoms with Gasteiger partial charge in [-0.3, -0.25) is 9.97 Å². The smallest absolute Gasteiger partial charge is 0.216 e. The molecule has 0 atom stereocenters. The van der Waals surface area contributed by atoms with Crippen molar-refractivity contribution in [1.82, 2.24) is 24.5 Å². The van der Waals surface area contributed by atoms with E-state index in [1.54, 1.807) is 4.40 Å². The standard InChI is InChI=1S/C27H29N4O.C22H32GeN.Ir/c1-14(2)20-12-11-18-22-15(3)9-10-19(24(22)32-26(18)30-20)25-29-21-13-16(4)28-17(5)23(21)31(25)27(6,7)8;1-16(2)13-18-14-21(24-15-20(18)23(6,7)8)17-9-11-19(12-10-17)22(3,4)5;/h9,11-14H,1-8H3;9,11-12,14-16H,13H2,1-8H3;/q2*-1;. The molecule has 0 bridgehead atoms. The Morgan fingerprint density at radius 2 is 1.54 bits per heavy atom. The molecule has 0 unspecified atom stereocenters. The summed E-state index contributed by atoms with van der Waals surface area (Å²) in [5, 5.41) is 2.11. The molecule has 0 N–H and O–H groups in total. The molecule has 0 saturated carbocycles. The average Bonchev–Trinajstić information content (AvgIpc) is 3.67. The third-order valence-electron chi connectivity index (χ3n) is 10.4. The van der Waals surface area contributed by atoms with E-state index in [4.69, 9.17) is 24.4 Å². The summed E-state index contributed by atoms with van der Waals surface area (Å²) in [5.41, 5.74) is 13.3. The second-order valence-corrected chi connectivity index (χ2v) is 29.9. The molecule has 303 valence electrons. The Kier molecular flexibility index (Phi) is 12.9. The molecule has 5 aromatic heterocycles. The number of furan rings is 1. The van der Waals surface area contributed by atoms with Gasteiger partial charge in [-0.05, 0) is 58.7 Å². The summed E-state index contributed by atoms with van der Waals surface area (Å²) < 4.78 is 10.2. The first-order valence-electron chi connectivity index (χ1n) is 20.2. The fourth-order valence-electron chi connectivity index (χ4n) is 7.60. The maximum absolute atomic E-state index is 6.42. The van der Waals surface area contributed by atoms with Crippen molar-refractivity contribution in [1.29, 1.82) is 0 Å². The molecule has 0 aliphatic heterocycles. The molecular weight excluding hydrogens is 939 g/mol. The van der Waals surface area contributed by atoms with Crippen molar-refractivity contribution in [2.45, 2.75) is 131 Å². The quantitative estimate of drug-likeness (QED) is 0.123. The normalized spacial score (nSPS) is 12.5. The minimum Gasteiger partial charge on any atom is -0.486 e. The minimum atomic E-state index is -1.90. The average molecular weight is 1000 g/mol. The van der Waals surface area contributed by atoms with Crippen molar-refractivity contribution < 1.29 is 24.5 Å². The van der Waals surface area contributed by atoms with Crippen LogP contribution in [0.3, 0.4) is 0 Å². The number of nitrogens with zero attached hydrogens (tertiary/aromatic N) is 5. The summed E-state index contributed by atoms with van der Waals surface area (Å²) in [5.74, 6) is 9.19. The van der Waals surface area contributed by atoms with E-state index in [1.165, 1.54) is 11.1 Å². The molecule has 7 rings (SSSR count). The van der Waals surface area contributed by atoms with E-state index in [2.05, 4.69) is 166 Å². The molecule has 5 heterocycles. The van der Waals surface area contributed by atoms with Crippen LogP contribution in [0.1, 0.15) is 109 Å². The molecule has 2 aromatic carbocycles. The number of hydrogen-bond donors (Lipinski definition) is 0. The number of benzene rings is 2. The van der Waals surface area contributed by atoms with Crippen LogP contribution < -0.4 is 4.40 Å². The van der Waals surface area contributed by atoms with Crippen molar-refractivity contribution in [3.05, 3.63) is 101 Å². The zero-order chi connectivity index (χ0) is 41.1. The van der Waals surface area contributed by atoms with Gasteiger partial charge in [0.1, 0.15) is 0 Å². The van der Waals surface area contributed by atoms with E-state index in [0.717, 1.165) is 79.1 Å². The molecule has 0 spiro atoms. The summed E-state index contributed by atoms with van der Waals surface area (Å²) in [6, 6.07) is 24.1. The van der Waals surface area contributed by atoms with Gasteiger partial charge in [0.15, 0.2) is 0 Å². The van der Waals surface area contributed by atoms with Crippen LogP contribution >= 0.6 is 0 Å². The number of aryl methyl sites for hydroxylation is 3. The van der Waals surface area contributed by atoms with Gasteiger partial charge in [0, 0.05) is 42.4 Å². The van der Waals surface area contributed by atoms with Crippen LogP contribution in [0.4, 0.5) is 0 Å². The number of rotatable bonds is 6. The van der Waals surface area contributed by atoms with Crippen LogP contribution in [0.15, 0.2) is 59.1 Å². The van der Waals surface area contributed by atoms with Crippen LogP contribution in [0, 0.1) is 38.8 Å². The minimum absolute atomic E-state index is 0. The maximum Gasteiger partial charge on any atom is 0.216 e. The number of pyridine rings is 3. The molecule has 0 amide bonds. The van der Waals surface area contributed by atoms with E-state index >= 15 is 0 Å². The zero-order valence-electron chi connectivity index (χ0n) is 37.0. The van der Waals surface area contributed by atoms with Crippen molar-refractivity contribution in [2.75, 3.05) is 0 Å². The second-order valence-electron chi connectivity index (χ2n) is 19.4. The van der Waals surface area contributed by atoms with Crippen molar-refractivity contribution in [3.8, 4) is 22.6 Å². The van der Waals surface area contributed by atoms with Gasteiger partial charge in [-0.1, -0.05) is 31.7 Å². The fraction of sp³-hybridized carbons (Fsp3) is 0.429. The molecule has 0 aliphatic rings. The third-order valence-corrected chi connectivity index (χ3v) is 14.8. The van der Waals surface area contributed by atoms with Gasteiger partial charge >= 0.3 is 151 Å². The van der Waals surface area contributed by atoms with Crippen LogP contribution in [-0.4, -0.2) is 37.8 Å². The number of imidazole rings is 1. The summed E-state index contributed by atoms with van der Waals surface area (Å²) in [7, 11) is 0. The predicted molar refractivity (Wildman–Crippen MR) is 239 cm³/mol. The third kappa shape index (κ3) is 9.32. The van der Waals surface area contributed by atoms with Crippen molar-refractivity contribution >= 4 is 50.8 Å². The van der Waals surface area contributed by atoms with Crippen LogP contribution in [0.25, 0.3) is 55.7 Å². The topological polar surface area (TPSA) is 69.6 Å². The molecule has 57 heavy (non-hydrogen) atoms. The van der Waals surface area contributed by atoms with Crippen LogP contribution in [0.5, 0.6) is 0 Å². The Balaban J connectivity index is 0.000000223. The molecule has 0 aliphatic carbocycles.